The van der Waals surface area contributed by atoms with E-state index in [1.807, 2.05) is 6.07 Å². The maximum absolute atomic E-state index is 11.1. The number of oxime groups is 1. The van der Waals surface area contributed by atoms with Gasteiger partial charge in [0.15, 0.2) is 17.6 Å². The second-order valence-electron chi connectivity index (χ2n) is 4.07. The molecule has 0 aromatic heterocycles. The standard InChI is InChI=1S/C10H11N3O6S/c11-10-12-18-20(14,15)19-13(10)5-7-6-16-8-3-1-2-4-9(8)17-7/h1-4,7H,5-6H2,(H2,11,12). The summed E-state index contributed by atoms with van der Waals surface area (Å²) < 4.78 is 42.0. The number of hydrogen-bond acceptors (Lipinski definition) is 9. The molecular formula is C10H11N3O6S. The number of hydroxylamine groups is 2. The van der Waals surface area contributed by atoms with Crippen LogP contribution >= 0.6 is 0 Å². The predicted octanol–water partition coefficient (Wildman–Crippen LogP) is -0.435. The zero-order valence-corrected chi connectivity index (χ0v) is 10.9. The third kappa shape index (κ3) is 2.56. The van der Waals surface area contributed by atoms with Crippen molar-refractivity contribution in [2.45, 2.75) is 6.10 Å². The Bertz CT molecular complexity index is 646. The molecule has 0 aliphatic carbocycles. The van der Waals surface area contributed by atoms with Gasteiger partial charge in [0.1, 0.15) is 6.61 Å². The van der Waals surface area contributed by atoms with Gasteiger partial charge in [0.25, 0.3) is 5.96 Å². The Hall–Kier alpha value is -2.20. The van der Waals surface area contributed by atoms with Crippen molar-refractivity contribution in [2.75, 3.05) is 13.2 Å². The molecule has 9 nitrogen and oxygen atoms in total. The Morgan fingerprint density at radius 3 is 2.90 bits per heavy atom. The highest BCUT2D eigenvalue weighted by Gasteiger charge is 2.32. The Balaban J connectivity index is 1.71. The van der Waals surface area contributed by atoms with Gasteiger partial charge >= 0.3 is 10.4 Å². The first-order valence-corrected chi connectivity index (χ1v) is 6.99. The molecule has 1 unspecified atom stereocenters. The first kappa shape index (κ1) is 12.8. The van der Waals surface area contributed by atoms with Crippen LogP contribution in [0.5, 0.6) is 11.5 Å². The molecule has 1 aromatic rings. The maximum atomic E-state index is 11.1. The molecule has 0 spiro atoms. The van der Waals surface area contributed by atoms with Crippen molar-refractivity contribution in [3.05, 3.63) is 24.3 Å². The number of hydrogen-bond donors (Lipinski definition) is 1. The van der Waals surface area contributed by atoms with Crippen molar-refractivity contribution in [2.24, 2.45) is 10.9 Å². The van der Waals surface area contributed by atoms with Crippen molar-refractivity contribution in [1.29, 1.82) is 0 Å². The molecule has 2 aliphatic heterocycles. The molecule has 0 fully saturated rings. The van der Waals surface area contributed by atoms with Crippen molar-refractivity contribution < 1.29 is 26.5 Å². The normalized spacial score (nSPS) is 23.7. The molecule has 0 radical (unpaired) electrons. The van der Waals surface area contributed by atoms with E-state index in [9.17, 15) is 8.42 Å². The van der Waals surface area contributed by atoms with Crippen LogP contribution in [0.4, 0.5) is 0 Å². The quantitative estimate of drug-likeness (QED) is 0.782. The van der Waals surface area contributed by atoms with Crippen LogP contribution in [0.1, 0.15) is 0 Å². The van der Waals surface area contributed by atoms with Crippen LogP contribution in [0.3, 0.4) is 0 Å². The van der Waals surface area contributed by atoms with Gasteiger partial charge < -0.3 is 15.2 Å². The van der Waals surface area contributed by atoms with Crippen LogP contribution in [0, 0.1) is 0 Å². The molecule has 2 aliphatic rings. The summed E-state index contributed by atoms with van der Waals surface area (Å²) in [5.41, 5.74) is 5.48. The average Bonchev–Trinajstić information content (AvgIpc) is 2.43. The van der Waals surface area contributed by atoms with Crippen molar-refractivity contribution in [1.82, 2.24) is 5.06 Å². The molecule has 1 aromatic carbocycles. The second-order valence-corrected chi connectivity index (χ2v) is 5.18. The van der Waals surface area contributed by atoms with E-state index < -0.39 is 16.5 Å². The minimum absolute atomic E-state index is 0.0201. The van der Waals surface area contributed by atoms with Gasteiger partial charge in [-0.05, 0) is 17.3 Å². The molecule has 10 heteroatoms. The van der Waals surface area contributed by atoms with Crippen LogP contribution in [0.25, 0.3) is 0 Å². The molecular weight excluding hydrogens is 290 g/mol. The largest absolute Gasteiger partial charge is 0.491 e. The van der Waals surface area contributed by atoms with Crippen LogP contribution in [0.2, 0.25) is 0 Å². The maximum Gasteiger partial charge on any atom is 0.491 e. The highest BCUT2D eigenvalue weighted by atomic mass is 32.3. The summed E-state index contributed by atoms with van der Waals surface area (Å²) in [5, 5.41) is 4.06. The van der Waals surface area contributed by atoms with Crippen LogP contribution in [-0.2, 0) is 19.0 Å². The number of rotatable bonds is 2. The summed E-state index contributed by atoms with van der Waals surface area (Å²) in [5.74, 6) is 0.971. The molecule has 0 saturated heterocycles. The fraction of sp³-hybridized carbons (Fsp3) is 0.300. The molecule has 108 valence electrons. The lowest BCUT2D eigenvalue weighted by atomic mass is 10.2. The van der Waals surface area contributed by atoms with Crippen LogP contribution < -0.4 is 15.2 Å². The third-order valence-corrected chi connectivity index (χ3v) is 3.22. The van der Waals surface area contributed by atoms with Gasteiger partial charge in [-0.25, -0.2) is 4.28 Å². The molecule has 0 bridgehead atoms. The van der Waals surface area contributed by atoms with Crippen LogP contribution in [-0.4, -0.2) is 38.7 Å². The summed E-state index contributed by atoms with van der Waals surface area (Å²) in [6.45, 7) is 0.247. The summed E-state index contributed by atoms with van der Waals surface area (Å²) in [6.07, 6.45) is -0.466. The van der Waals surface area contributed by atoms with Crippen molar-refractivity contribution >= 4 is 16.4 Å². The highest BCUT2D eigenvalue weighted by Crippen LogP contribution is 2.31. The summed E-state index contributed by atoms with van der Waals surface area (Å²) in [4.78, 5) is 0. The Labute approximate surface area is 114 Å². The summed E-state index contributed by atoms with van der Waals surface area (Å²) in [6, 6.07) is 7.15. The summed E-state index contributed by atoms with van der Waals surface area (Å²) >= 11 is 0. The van der Waals surface area contributed by atoms with E-state index in [1.54, 1.807) is 18.2 Å². The molecule has 20 heavy (non-hydrogen) atoms. The minimum Gasteiger partial charge on any atom is -0.486 e. The number of guanidine groups is 1. The van der Waals surface area contributed by atoms with Gasteiger partial charge in [-0.3, -0.25) is 0 Å². The van der Waals surface area contributed by atoms with Crippen LogP contribution in [0.15, 0.2) is 29.4 Å². The van der Waals surface area contributed by atoms with Gasteiger partial charge in [-0.2, -0.15) is 13.5 Å². The number of para-hydroxylation sites is 2. The first-order valence-electron chi connectivity index (χ1n) is 5.66. The summed E-state index contributed by atoms with van der Waals surface area (Å²) in [7, 11) is -4.21. The van der Waals surface area contributed by atoms with E-state index in [0.29, 0.717) is 11.5 Å². The van der Waals surface area contributed by atoms with E-state index >= 15 is 0 Å². The smallest absolute Gasteiger partial charge is 0.486 e. The lowest BCUT2D eigenvalue weighted by Gasteiger charge is -2.30. The average molecular weight is 301 g/mol. The predicted molar refractivity (Wildman–Crippen MR) is 65.8 cm³/mol. The molecule has 0 saturated carbocycles. The molecule has 0 amide bonds. The number of nitrogens with zero attached hydrogens (tertiary/aromatic N) is 2. The molecule has 2 heterocycles. The molecule has 2 N–H and O–H groups in total. The van der Waals surface area contributed by atoms with E-state index in [0.717, 1.165) is 5.06 Å². The topological polar surface area (TPSA) is 113 Å². The number of fused-ring (bicyclic) bond motifs is 1. The lowest BCUT2D eigenvalue weighted by molar-refractivity contribution is -0.0492. The molecule has 3 rings (SSSR count). The third-order valence-electron chi connectivity index (χ3n) is 2.60. The minimum atomic E-state index is -4.21. The number of benzene rings is 1. The van der Waals surface area contributed by atoms with E-state index in [1.165, 1.54) is 0 Å². The van der Waals surface area contributed by atoms with Crippen molar-refractivity contribution in [3.63, 3.8) is 0 Å². The van der Waals surface area contributed by atoms with Gasteiger partial charge in [-0.15, -0.1) is 4.28 Å². The van der Waals surface area contributed by atoms with E-state index in [4.69, 9.17) is 15.2 Å². The van der Waals surface area contributed by atoms with Gasteiger partial charge in [0, 0.05) is 0 Å². The fourth-order valence-electron chi connectivity index (χ4n) is 1.75. The van der Waals surface area contributed by atoms with Gasteiger partial charge in [0.2, 0.25) is 0 Å². The second kappa shape index (κ2) is 4.72. The monoisotopic (exact) mass is 301 g/mol. The highest BCUT2D eigenvalue weighted by molar-refractivity contribution is 7.81. The fourth-order valence-corrected chi connectivity index (χ4v) is 2.31. The number of nitrogens with two attached hydrogens (primary N) is 1. The van der Waals surface area contributed by atoms with Gasteiger partial charge in [0.05, 0.1) is 6.54 Å². The zero-order chi connectivity index (χ0) is 14.2. The van der Waals surface area contributed by atoms with E-state index in [2.05, 4.69) is 13.7 Å². The molecule has 1 atom stereocenters. The first-order chi connectivity index (χ1) is 9.53. The Morgan fingerprint density at radius 2 is 2.10 bits per heavy atom. The Kier molecular flexibility index (Phi) is 3.03. The Morgan fingerprint density at radius 1 is 1.35 bits per heavy atom. The van der Waals surface area contributed by atoms with Gasteiger partial charge in [-0.1, -0.05) is 12.1 Å². The van der Waals surface area contributed by atoms with E-state index in [-0.39, 0.29) is 19.1 Å². The lowest BCUT2D eigenvalue weighted by Crippen LogP contribution is -2.49. The van der Waals surface area contributed by atoms with Crippen molar-refractivity contribution in [3.8, 4) is 11.5 Å². The zero-order valence-electron chi connectivity index (χ0n) is 10.1. The SMILES string of the molecule is NC1=NOS(=O)(=O)ON1CC1COc2ccccc2O1. The number of ether oxygens (including phenoxy) is 2.